The number of ether oxygens (including phenoxy) is 2. The maximum Gasteiger partial charge on any atom is 0.161 e. The van der Waals surface area contributed by atoms with Crippen molar-refractivity contribution in [3.8, 4) is 33.3 Å². The Labute approximate surface area is 145 Å². The first-order chi connectivity index (χ1) is 11.7. The highest BCUT2D eigenvalue weighted by Gasteiger charge is 2.11. The molecule has 0 spiro atoms. The van der Waals surface area contributed by atoms with Crippen LogP contribution in [0.1, 0.15) is 13.8 Å². The van der Waals surface area contributed by atoms with Gasteiger partial charge in [0, 0.05) is 22.2 Å². The number of aromatic nitrogens is 1. The topological polar surface area (TPSA) is 57.4 Å². The van der Waals surface area contributed by atoms with Crippen molar-refractivity contribution in [2.75, 3.05) is 18.9 Å². The van der Waals surface area contributed by atoms with Crippen LogP contribution in [0.2, 0.25) is 0 Å². The lowest BCUT2D eigenvalue weighted by molar-refractivity contribution is 0.288. The van der Waals surface area contributed by atoms with E-state index in [0.29, 0.717) is 13.2 Å². The Morgan fingerprint density at radius 3 is 2.50 bits per heavy atom. The van der Waals surface area contributed by atoms with Gasteiger partial charge >= 0.3 is 0 Å². The predicted octanol–water partition coefficient (Wildman–Crippen LogP) is 4.86. The smallest absolute Gasteiger partial charge is 0.161 e. The van der Waals surface area contributed by atoms with Crippen molar-refractivity contribution >= 4 is 17.0 Å². The summed E-state index contributed by atoms with van der Waals surface area (Å²) < 4.78 is 11.3. The quantitative estimate of drug-likeness (QED) is 0.651. The van der Waals surface area contributed by atoms with Crippen molar-refractivity contribution in [3.63, 3.8) is 0 Å². The summed E-state index contributed by atoms with van der Waals surface area (Å²) >= 11 is 1.60. The average molecular weight is 340 g/mol. The second kappa shape index (κ2) is 7.36. The van der Waals surface area contributed by atoms with Crippen molar-refractivity contribution in [2.24, 2.45) is 0 Å². The molecule has 0 bridgehead atoms. The minimum absolute atomic E-state index is 0.592. The molecule has 0 aliphatic carbocycles. The number of anilines is 1. The van der Waals surface area contributed by atoms with Crippen LogP contribution in [0.3, 0.4) is 0 Å². The Balaban J connectivity index is 1.93. The van der Waals surface area contributed by atoms with Gasteiger partial charge in [-0.2, -0.15) is 0 Å². The monoisotopic (exact) mass is 340 g/mol. The predicted molar refractivity (Wildman–Crippen MR) is 99.7 cm³/mol. The fourth-order valence-electron chi connectivity index (χ4n) is 2.42. The Morgan fingerprint density at radius 2 is 1.75 bits per heavy atom. The summed E-state index contributed by atoms with van der Waals surface area (Å²) in [7, 11) is 0. The van der Waals surface area contributed by atoms with Gasteiger partial charge in [0.2, 0.25) is 0 Å². The Morgan fingerprint density at radius 1 is 0.958 bits per heavy atom. The lowest BCUT2D eigenvalue weighted by atomic mass is 10.1. The van der Waals surface area contributed by atoms with E-state index in [1.807, 2.05) is 61.7 Å². The van der Waals surface area contributed by atoms with Gasteiger partial charge in [-0.1, -0.05) is 12.1 Å². The number of nitrogen functional groups attached to an aromatic ring is 1. The molecule has 0 radical (unpaired) electrons. The van der Waals surface area contributed by atoms with E-state index >= 15 is 0 Å². The molecule has 0 amide bonds. The molecule has 2 aromatic carbocycles. The first kappa shape index (κ1) is 16.3. The highest BCUT2D eigenvalue weighted by molar-refractivity contribution is 7.13. The van der Waals surface area contributed by atoms with Gasteiger partial charge in [0.25, 0.3) is 0 Å². The normalized spacial score (nSPS) is 10.6. The molecule has 5 heteroatoms. The maximum atomic E-state index is 5.86. The van der Waals surface area contributed by atoms with E-state index in [9.17, 15) is 0 Å². The zero-order chi connectivity index (χ0) is 16.9. The van der Waals surface area contributed by atoms with Gasteiger partial charge < -0.3 is 15.2 Å². The van der Waals surface area contributed by atoms with E-state index < -0.39 is 0 Å². The van der Waals surface area contributed by atoms with Gasteiger partial charge in [-0.05, 0) is 44.2 Å². The minimum Gasteiger partial charge on any atom is -0.490 e. The molecule has 0 aliphatic rings. The molecule has 1 heterocycles. The number of nitrogens with two attached hydrogens (primary N) is 1. The molecule has 24 heavy (non-hydrogen) atoms. The Hall–Kier alpha value is -2.53. The lowest BCUT2D eigenvalue weighted by Crippen LogP contribution is -1.98. The molecule has 4 nitrogen and oxygen atoms in total. The second-order valence-electron chi connectivity index (χ2n) is 5.19. The van der Waals surface area contributed by atoms with E-state index in [4.69, 9.17) is 20.2 Å². The number of rotatable bonds is 6. The van der Waals surface area contributed by atoms with Gasteiger partial charge in [0.05, 0.1) is 18.9 Å². The molecule has 3 aromatic rings. The number of hydrogen-bond donors (Lipinski definition) is 1. The molecule has 0 saturated carbocycles. The summed E-state index contributed by atoms with van der Waals surface area (Å²) in [6.07, 6.45) is 0. The molecule has 2 N–H and O–H groups in total. The molecule has 0 atom stereocenters. The second-order valence-corrected chi connectivity index (χ2v) is 6.05. The molecular weight excluding hydrogens is 320 g/mol. The van der Waals surface area contributed by atoms with Crippen molar-refractivity contribution in [1.29, 1.82) is 0 Å². The van der Waals surface area contributed by atoms with Crippen LogP contribution in [0.25, 0.3) is 21.8 Å². The molecule has 3 rings (SSSR count). The Kier molecular flexibility index (Phi) is 5.01. The van der Waals surface area contributed by atoms with Crippen molar-refractivity contribution < 1.29 is 9.47 Å². The number of thiazole rings is 1. The van der Waals surface area contributed by atoms with Crippen LogP contribution in [0.4, 0.5) is 5.69 Å². The van der Waals surface area contributed by atoms with Gasteiger partial charge in [-0.3, -0.25) is 0 Å². The standard InChI is InChI=1S/C19H20N2O2S/c1-3-22-17-9-8-13(11-18(17)23-4-2)16-12-24-19(21-16)14-6-5-7-15(20)10-14/h5-12H,3-4,20H2,1-2H3. The molecule has 0 fully saturated rings. The largest absolute Gasteiger partial charge is 0.490 e. The summed E-state index contributed by atoms with van der Waals surface area (Å²) in [5, 5.41) is 2.99. The highest BCUT2D eigenvalue weighted by Crippen LogP contribution is 2.35. The zero-order valence-electron chi connectivity index (χ0n) is 13.8. The number of nitrogens with zero attached hydrogens (tertiary/aromatic N) is 1. The van der Waals surface area contributed by atoms with E-state index in [2.05, 4.69) is 0 Å². The van der Waals surface area contributed by atoms with Crippen LogP contribution >= 0.6 is 11.3 Å². The minimum atomic E-state index is 0.592. The summed E-state index contributed by atoms with van der Waals surface area (Å²) in [5.74, 6) is 1.50. The van der Waals surface area contributed by atoms with E-state index in [-0.39, 0.29) is 0 Å². The number of benzene rings is 2. The number of hydrogen-bond acceptors (Lipinski definition) is 5. The highest BCUT2D eigenvalue weighted by atomic mass is 32.1. The van der Waals surface area contributed by atoms with Gasteiger partial charge in [-0.25, -0.2) is 4.98 Å². The van der Waals surface area contributed by atoms with Crippen LogP contribution in [-0.2, 0) is 0 Å². The third-order valence-corrected chi connectivity index (χ3v) is 4.37. The van der Waals surface area contributed by atoms with E-state index in [1.54, 1.807) is 11.3 Å². The van der Waals surface area contributed by atoms with Crippen molar-refractivity contribution in [1.82, 2.24) is 4.98 Å². The third kappa shape index (κ3) is 3.51. The van der Waals surface area contributed by atoms with Crippen molar-refractivity contribution in [2.45, 2.75) is 13.8 Å². The molecule has 1 aromatic heterocycles. The SMILES string of the molecule is CCOc1ccc(-c2csc(-c3cccc(N)c3)n2)cc1OCC. The van der Waals surface area contributed by atoms with Crippen LogP contribution in [-0.4, -0.2) is 18.2 Å². The van der Waals surface area contributed by atoms with Crippen LogP contribution in [0, 0.1) is 0 Å². The third-order valence-electron chi connectivity index (χ3n) is 3.48. The van der Waals surface area contributed by atoms with Gasteiger partial charge in [0.1, 0.15) is 5.01 Å². The maximum absolute atomic E-state index is 5.86. The fraction of sp³-hybridized carbons (Fsp3) is 0.211. The zero-order valence-corrected chi connectivity index (χ0v) is 14.6. The van der Waals surface area contributed by atoms with Crippen LogP contribution in [0.5, 0.6) is 11.5 Å². The average Bonchev–Trinajstić information content (AvgIpc) is 3.07. The summed E-state index contributed by atoms with van der Waals surface area (Å²) in [4.78, 5) is 4.74. The molecule has 0 aliphatic heterocycles. The van der Waals surface area contributed by atoms with Crippen LogP contribution in [0.15, 0.2) is 47.8 Å². The summed E-state index contributed by atoms with van der Waals surface area (Å²) in [5.41, 5.74) is 9.55. The van der Waals surface area contributed by atoms with E-state index in [1.165, 1.54) is 0 Å². The van der Waals surface area contributed by atoms with Crippen LogP contribution < -0.4 is 15.2 Å². The molecule has 0 unspecified atom stereocenters. The molecular formula is C19H20N2O2S. The Bertz CT molecular complexity index is 830. The van der Waals surface area contributed by atoms with Gasteiger partial charge in [-0.15, -0.1) is 11.3 Å². The van der Waals surface area contributed by atoms with Gasteiger partial charge in [0.15, 0.2) is 11.5 Å². The first-order valence-electron chi connectivity index (χ1n) is 7.92. The first-order valence-corrected chi connectivity index (χ1v) is 8.80. The molecule has 0 saturated heterocycles. The van der Waals surface area contributed by atoms with Crippen molar-refractivity contribution in [3.05, 3.63) is 47.8 Å². The molecule has 124 valence electrons. The summed E-state index contributed by atoms with van der Waals surface area (Å²) in [6, 6.07) is 13.7. The fourth-order valence-corrected chi connectivity index (χ4v) is 3.25. The van der Waals surface area contributed by atoms with E-state index in [0.717, 1.165) is 39.0 Å². The lowest BCUT2D eigenvalue weighted by Gasteiger charge is -2.11. The summed E-state index contributed by atoms with van der Waals surface area (Å²) in [6.45, 7) is 5.12.